The quantitative estimate of drug-likeness (QED) is 0.838. The van der Waals surface area contributed by atoms with Gasteiger partial charge in [-0.3, -0.25) is 9.59 Å². The summed E-state index contributed by atoms with van der Waals surface area (Å²) in [5.41, 5.74) is -0.659. The lowest BCUT2D eigenvalue weighted by molar-refractivity contribution is -0.151. The van der Waals surface area contributed by atoms with Gasteiger partial charge in [0.05, 0.1) is 6.54 Å². The molecule has 1 saturated heterocycles. The zero-order valence-electron chi connectivity index (χ0n) is 13.4. The summed E-state index contributed by atoms with van der Waals surface area (Å²) in [5, 5.41) is 2.94. The van der Waals surface area contributed by atoms with Gasteiger partial charge >= 0.3 is 0 Å². The third kappa shape index (κ3) is 2.84. The summed E-state index contributed by atoms with van der Waals surface area (Å²) in [6, 6.07) is 0. The average molecular weight is 280 g/mol. The van der Waals surface area contributed by atoms with Crippen molar-refractivity contribution in [1.82, 2.24) is 10.2 Å². The highest BCUT2D eigenvalue weighted by atomic mass is 16.2. The maximum absolute atomic E-state index is 12.8. The summed E-state index contributed by atoms with van der Waals surface area (Å²) in [7, 11) is 0. The van der Waals surface area contributed by atoms with Crippen molar-refractivity contribution in [3.05, 3.63) is 0 Å². The van der Waals surface area contributed by atoms with E-state index >= 15 is 0 Å². The molecule has 1 aliphatic carbocycles. The topological polar surface area (TPSA) is 49.4 Å². The van der Waals surface area contributed by atoms with Crippen LogP contribution in [0.2, 0.25) is 0 Å². The molecule has 1 atom stereocenters. The van der Waals surface area contributed by atoms with Gasteiger partial charge in [-0.05, 0) is 43.4 Å². The maximum atomic E-state index is 12.8. The monoisotopic (exact) mass is 280 g/mol. The van der Waals surface area contributed by atoms with E-state index in [4.69, 9.17) is 0 Å². The van der Waals surface area contributed by atoms with Crippen LogP contribution in [0, 0.1) is 23.7 Å². The average Bonchev–Trinajstić information content (AvgIpc) is 3.15. The molecule has 0 radical (unpaired) electrons. The molecule has 2 aliphatic rings. The second-order valence-electron chi connectivity index (χ2n) is 7.36. The molecule has 0 aromatic heterocycles. The fourth-order valence-corrected chi connectivity index (χ4v) is 3.49. The molecule has 114 valence electrons. The van der Waals surface area contributed by atoms with Gasteiger partial charge in [0.15, 0.2) is 0 Å². The normalized spacial score (nSPS) is 27.7. The lowest BCUT2D eigenvalue weighted by Crippen LogP contribution is -2.67. The number of amides is 2. The van der Waals surface area contributed by atoms with Crippen molar-refractivity contribution < 1.29 is 9.59 Å². The van der Waals surface area contributed by atoms with E-state index in [1.54, 1.807) is 4.90 Å². The third-order valence-corrected chi connectivity index (χ3v) is 5.00. The van der Waals surface area contributed by atoms with Crippen LogP contribution < -0.4 is 5.32 Å². The van der Waals surface area contributed by atoms with Crippen molar-refractivity contribution >= 4 is 11.8 Å². The number of nitrogens with zero attached hydrogens (tertiary/aromatic N) is 1. The third-order valence-electron chi connectivity index (χ3n) is 5.00. The number of piperazine rings is 1. The first-order valence-corrected chi connectivity index (χ1v) is 7.86. The van der Waals surface area contributed by atoms with Crippen molar-refractivity contribution in [3.8, 4) is 0 Å². The molecule has 4 nitrogen and oxygen atoms in total. The summed E-state index contributed by atoms with van der Waals surface area (Å²) >= 11 is 0. The minimum atomic E-state index is -0.659. The van der Waals surface area contributed by atoms with Gasteiger partial charge < -0.3 is 10.2 Å². The number of carbonyl (C=O) groups is 2. The Kier molecular flexibility index (Phi) is 4.12. The molecular formula is C16H28N2O2. The summed E-state index contributed by atoms with van der Waals surface area (Å²) in [6.45, 7) is 11.6. The highest BCUT2D eigenvalue weighted by Crippen LogP contribution is 2.41. The Bertz CT molecular complexity index is 393. The standard InChI is InChI=1S/C16H28N2O2/c1-10(2)13(11(3)4)8-18-9-14(19)17-16(5,15(18)20)12-6-7-12/h10-13H,6-9H2,1-5H3,(H,17,19). The lowest BCUT2D eigenvalue weighted by atomic mass is 9.84. The first-order chi connectivity index (χ1) is 9.25. The summed E-state index contributed by atoms with van der Waals surface area (Å²) in [6.07, 6.45) is 2.10. The van der Waals surface area contributed by atoms with E-state index in [0.29, 0.717) is 30.2 Å². The highest BCUT2D eigenvalue weighted by Gasteiger charge is 2.52. The van der Waals surface area contributed by atoms with Crippen LogP contribution >= 0.6 is 0 Å². The number of nitrogens with one attached hydrogen (secondary N) is 1. The van der Waals surface area contributed by atoms with Gasteiger partial charge in [-0.15, -0.1) is 0 Å². The Morgan fingerprint density at radius 3 is 2.20 bits per heavy atom. The minimum absolute atomic E-state index is 0.00902. The van der Waals surface area contributed by atoms with E-state index in [0.717, 1.165) is 12.8 Å². The second kappa shape index (κ2) is 5.38. The van der Waals surface area contributed by atoms with E-state index in [1.807, 2.05) is 6.92 Å². The van der Waals surface area contributed by atoms with Gasteiger partial charge in [-0.1, -0.05) is 27.7 Å². The smallest absolute Gasteiger partial charge is 0.248 e. The molecule has 1 unspecified atom stereocenters. The Morgan fingerprint density at radius 2 is 1.75 bits per heavy atom. The zero-order chi connectivity index (χ0) is 15.1. The molecule has 1 N–H and O–H groups in total. The minimum Gasteiger partial charge on any atom is -0.340 e. The van der Waals surface area contributed by atoms with Gasteiger partial charge in [0, 0.05) is 6.54 Å². The molecular weight excluding hydrogens is 252 g/mol. The van der Waals surface area contributed by atoms with Crippen LogP contribution in [0.25, 0.3) is 0 Å². The first-order valence-electron chi connectivity index (χ1n) is 7.86. The van der Waals surface area contributed by atoms with Crippen molar-refractivity contribution in [3.63, 3.8) is 0 Å². The van der Waals surface area contributed by atoms with E-state index in [2.05, 4.69) is 33.0 Å². The Morgan fingerprint density at radius 1 is 1.20 bits per heavy atom. The van der Waals surface area contributed by atoms with E-state index in [9.17, 15) is 9.59 Å². The predicted octanol–water partition coefficient (Wildman–Crippen LogP) is 2.04. The van der Waals surface area contributed by atoms with E-state index < -0.39 is 5.54 Å². The molecule has 0 aromatic rings. The molecule has 2 amide bonds. The van der Waals surface area contributed by atoms with Crippen LogP contribution in [0.1, 0.15) is 47.5 Å². The molecule has 2 fully saturated rings. The SMILES string of the molecule is CC(C)C(CN1CC(=O)NC(C)(C2CC2)C1=O)C(C)C. The molecule has 20 heavy (non-hydrogen) atoms. The molecule has 4 heteroatoms. The van der Waals surface area contributed by atoms with Gasteiger partial charge in [0.25, 0.3) is 0 Å². The fraction of sp³-hybridized carbons (Fsp3) is 0.875. The maximum Gasteiger partial charge on any atom is 0.248 e. The van der Waals surface area contributed by atoms with Gasteiger partial charge in [-0.2, -0.15) is 0 Å². The molecule has 1 saturated carbocycles. The van der Waals surface area contributed by atoms with Gasteiger partial charge in [-0.25, -0.2) is 0 Å². The zero-order valence-corrected chi connectivity index (χ0v) is 13.4. The number of hydrogen-bond acceptors (Lipinski definition) is 2. The van der Waals surface area contributed by atoms with E-state index in [1.165, 1.54) is 0 Å². The highest BCUT2D eigenvalue weighted by molar-refractivity contribution is 5.98. The lowest BCUT2D eigenvalue weighted by Gasteiger charge is -2.42. The predicted molar refractivity (Wildman–Crippen MR) is 79.0 cm³/mol. The van der Waals surface area contributed by atoms with E-state index in [-0.39, 0.29) is 18.4 Å². The Labute approximate surface area is 122 Å². The summed E-state index contributed by atoms with van der Waals surface area (Å²) < 4.78 is 0. The first kappa shape index (κ1) is 15.3. The molecule has 0 spiro atoms. The second-order valence-corrected chi connectivity index (χ2v) is 7.36. The largest absolute Gasteiger partial charge is 0.340 e. The van der Waals surface area contributed by atoms with Crippen LogP contribution in [0.3, 0.4) is 0 Å². The van der Waals surface area contributed by atoms with Crippen molar-refractivity contribution in [1.29, 1.82) is 0 Å². The molecule has 1 heterocycles. The van der Waals surface area contributed by atoms with Crippen LogP contribution in [0.5, 0.6) is 0 Å². The summed E-state index contributed by atoms with van der Waals surface area (Å²) in [5.74, 6) is 1.91. The van der Waals surface area contributed by atoms with Crippen LogP contribution in [0.15, 0.2) is 0 Å². The Balaban J connectivity index is 2.14. The Hall–Kier alpha value is -1.06. The van der Waals surface area contributed by atoms with Crippen molar-refractivity contribution in [2.24, 2.45) is 23.7 Å². The van der Waals surface area contributed by atoms with Gasteiger partial charge in [0.1, 0.15) is 5.54 Å². The molecule has 0 bridgehead atoms. The fourth-order valence-electron chi connectivity index (χ4n) is 3.49. The number of rotatable bonds is 5. The van der Waals surface area contributed by atoms with Crippen molar-refractivity contribution in [2.75, 3.05) is 13.1 Å². The van der Waals surface area contributed by atoms with Gasteiger partial charge in [0.2, 0.25) is 11.8 Å². The molecule has 0 aromatic carbocycles. The number of hydrogen-bond donors (Lipinski definition) is 1. The van der Waals surface area contributed by atoms with Crippen molar-refractivity contribution in [2.45, 2.75) is 53.0 Å². The summed E-state index contributed by atoms with van der Waals surface area (Å²) in [4.78, 5) is 26.5. The molecule has 1 aliphatic heterocycles. The van der Waals surface area contributed by atoms with Crippen LogP contribution in [0.4, 0.5) is 0 Å². The van der Waals surface area contributed by atoms with Crippen LogP contribution in [-0.2, 0) is 9.59 Å². The molecule has 2 rings (SSSR count). The van der Waals surface area contributed by atoms with Crippen LogP contribution in [-0.4, -0.2) is 35.3 Å². The number of carbonyl (C=O) groups excluding carboxylic acids is 2.